The number of esters is 3. The van der Waals surface area contributed by atoms with Crippen LogP contribution in [0.1, 0.15) is 342 Å². The van der Waals surface area contributed by atoms with Crippen molar-refractivity contribution in [2.24, 2.45) is 0 Å². The van der Waals surface area contributed by atoms with Crippen LogP contribution in [0.15, 0.2) is 85.1 Å². The minimum Gasteiger partial charge on any atom is -0.462 e. The SMILES string of the molecule is CC/C=C\C/C=C\C/C=C\C/C=C\C/C=C\CCCCCCCCCCCCCC(=O)OCC(COC(=O)CCCCCCCCCCCCC)OC(=O)CCCCCCCCCCCCC/C=C\C/C=C\CCCCCCC. The zero-order chi connectivity index (χ0) is 57.1. The van der Waals surface area contributed by atoms with Gasteiger partial charge in [-0.2, -0.15) is 0 Å². The molecule has 0 spiro atoms. The Bertz CT molecular complexity index is 1500. The highest BCUT2D eigenvalue weighted by Crippen LogP contribution is 2.17. The first-order chi connectivity index (χ1) is 39.0. The van der Waals surface area contributed by atoms with Crippen LogP contribution >= 0.6 is 0 Å². The molecule has 1 atom stereocenters. The van der Waals surface area contributed by atoms with Crippen LogP contribution in [0.5, 0.6) is 0 Å². The van der Waals surface area contributed by atoms with E-state index in [1.54, 1.807) is 0 Å². The van der Waals surface area contributed by atoms with Gasteiger partial charge >= 0.3 is 17.9 Å². The maximum atomic E-state index is 12.9. The number of rotatable bonds is 62. The summed E-state index contributed by atoms with van der Waals surface area (Å²) in [6, 6.07) is 0. The number of unbranched alkanes of at least 4 members (excludes halogenated alkanes) is 37. The molecule has 0 fully saturated rings. The molecule has 0 N–H and O–H groups in total. The molecule has 6 nitrogen and oxygen atoms in total. The van der Waals surface area contributed by atoms with Crippen molar-refractivity contribution in [3.8, 4) is 0 Å². The highest BCUT2D eigenvalue weighted by Gasteiger charge is 2.19. The van der Waals surface area contributed by atoms with E-state index in [1.165, 1.54) is 205 Å². The van der Waals surface area contributed by atoms with Gasteiger partial charge in [0.1, 0.15) is 13.2 Å². The Labute approximate surface area is 490 Å². The second kappa shape index (κ2) is 67.1. The van der Waals surface area contributed by atoms with Gasteiger partial charge in [0.05, 0.1) is 0 Å². The molecule has 456 valence electrons. The number of hydrogen-bond acceptors (Lipinski definition) is 6. The van der Waals surface area contributed by atoms with Gasteiger partial charge in [-0.05, 0) is 96.3 Å². The highest BCUT2D eigenvalue weighted by molar-refractivity contribution is 5.71. The fourth-order valence-electron chi connectivity index (χ4n) is 9.80. The summed E-state index contributed by atoms with van der Waals surface area (Å²) in [6.45, 7) is 6.55. The predicted octanol–water partition coefficient (Wildman–Crippen LogP) is 23.4. The van der Waals surface area contributed by atoms with Gasteiger partial charge in [0, 0.05) is 19.3 Å². The highest BCUT2D eigenvalue weighted by atomic mass is 16.6. The average molecular weight is 1100 g/mol. The van der Waals surface area contributed by atoms with Crippen LogP contribution in [0.3, 0.4) is 0 Å². The molecule has 0 radical (unpaired) electrons. The first-order valence-electron chi connectivity index (χ1n) is 34.1. The monoisotopic (exact) mass is 1100 g/mol. The van der Waals surface area contributed by atoms with E-state index in [2.05, 4.69) is 106 Å². The third kappa shape index (κ3) is 65.3. The van der Waals surface area contributed by atoms with Crippen LogP contribution in [-0.4, -0.2) is 37.2 Å². The van der Waals surface area contributed by atoms with Crippen molar-refractivity contribution in [1.29, 1.82) is 0 Å². The van der Waals surface area contributed by atoms with E-state index in [0.29, 0.717) is 19.3 Å². The van der Waals surface area contributed by atoms with Gasteiger partial charge in [0.15, 0.2) is 6.10 Å². The smallest absolute Gasteiger partial charge is 0.306 e. The van der Waals surface area contributed by atoms with E-state index < -0.39 is 6.10 Å². The van der Waals surface area contributed by atoms with E-state index in [1.807, 2.05) is 0 Å². The second-order valence-electron chi connectivity index (χ2n) is 22.7. The van der Waals surface area contributed by atoms with Gasteiger partial charge in [-0.25, -0.2) is 0 Å². The van der Waals surface area contributed by atoms with Crippen molar-refractivity contribution in [2.45, 2.75) is 348 Å². The lowest BCUT2D eigenvalue weighted by atomic mass is 10.0. The molecule has 0 saturated carbocycles. The van der Waals surface area contributed by atoms with Crippen LogP contribution in [-0.2, 0) is 28.6 Å². The fraction of sp³-hybridized carbons (Fsp3) is 0.767. The van der Waals surface area contributed by atoms with Gasteiger partial charge in [-0.15, -0.1) is 0 Å². The second-order valence-corrected chi connectivity index (χ2v) is 22.7. The van der Waals surface area contributed by atoms with Gasteiger partial charge in [-0.1, -0.05) is 311 Å². The van der Waals surface area contributed by atoms with Crippen molar-refractivity contribution in [1.82, 2.24) is 0 Å². The third-order valence-electron chi connectivity index (χ3n) is 14.9. The van der Waals surface area contributed by atoms with Crippen LogP contribution in [0.4, 0.5) is 0 Å². The number of carbonyl (C=O) groups is 3. The standard InChI is InChI=1S/C73H128O6/c1-4-7-10-13-16-19-22-24-26-28-30-32-34-35-36-37-39-40-42-44-46-48-51-54-57-60-63-66-72(75)78-69-70(68-77-71(74)65-62-59-56-53-50-21-18-15-12-9-6-3)79-73(76)67-64-61-58-55-52-49-47-45-43-41-38-33-31-29-27-25-23-20-17-14-11-8-5-2/h7,10,16,19,23-26,29-32,35-36,70H,4-6,8-9,11-15,17-18,20-22,27-28,33-34,37-69H2,1-3H3/b10-7-,19-16-,25-23-,26-24-,31-29-,32-30-,36-35-. The summed E-state index contributed by atoms with van der Waals surface area (Å²) in [5, 5.41) is 0. The van der Waals surface area contributed by atoms with Gasteiger partial charge in [0.25, 0.3) is 0 Å². The van der Waals surface area contributed by atoms with Crippen LogP contribution in [0, 0.1) is 0 Å². The summed E-state index contributed by atoms with van der Waals surface area (Å²) in [5.74, 6) is -0.864. The van der Waals surface area contributed by atoms with E-state index in [0.717, 1.165) is 96.3 Å². The van der Waals surface area contributed by atoms with Gasteiger partial charge in [0.2, 0.25) is 0 Å². The quantitative estimate of drug-likeness (QED) is 0.0261. The average Bonchev–Trinajstić information content (AvgIpc) is 3.45. The molecular formula is C73H128O6. The molecule has 0 amide bonds. The predicted molar refractivity (Wildman–Crippen MR) is 344 cm³/mol. The van der Waals surface area contributed by atoms with E-state index in [4.69, 9.17) is 14.2 Å². The molecular weight excluding hydrogens is 973 g/mol. The Kier molecular flexibility index (Phi) is 64.2. The summed E-state index contributed by atoms with van der Waals surface area (Å²) in [6.07, 6.45) is 88.9. The normalized spacial score (nSPS) is 12.6. The Hall–Kier alpha value is -3.41. The molecule has 0 aliphatic carbocycles. The number of carbonyl (C=O) groups excluding carboxylic acids is 3. The topological polar surface area (TPSA) is 78.9 Å². The summed E-state index contributed by atoms with van der Waals surface area (Å²) in [4.78, 5) is 38.3. The number of allylic oxidation sites excluding steroid dienone is 14. The summed E-state index contributed by atoms with van der Waals surface area (Å²) in [5.41, 5.74) is 0. The minimum absolute atomic E-state index is 0.0742. The Morgan fingerprint density at radius 2 is 0.494 bits per heavy atom. The number of hydrogen-bond donors (Lipinski definition) is 0. The molecule has 0 rings (SSSR count). The molecule has 0 heterocycles. The first-order valence-corrected chi connectivity index (χ1v) is 34.1. The van der Waals surface area contributed by atoms with E-state index >= 15 is 0 Å². The molecule has 0 aromatic heterocycles. The molecule has 0 aromatic rings. The summed E-state index contributed by atoms with van der Waals surface area (Å²) in [7, 11) is 0. The molecule has 79 heavy (non-hydrogen) atoms. The largest absolute Gasteiger partial charge is 0.462 e. The van der Waals surface area contributed by atoms with Crippen LogP contribution in [0.25, 0.3) is 0 Å². The van der Waals surface area contributed by atoms with Gasteiger partial charge in [-0.3, -0.25) is 14.4 Å². The molecule has 0 saturated heterocycles. The minimum atomic E-state index is -0.778. The van der Waals surface area contributed by atoms with E-state index in [-0.39, 0.29) is 31.1 Å². The Morgan fingerprint density at radius 3 is 0.772 bits per heavy atom. The van der Waals surface area contributed by atoms with Crippen molar-refractivity contribution < 1.29 is 28.6 Å². The summed E-state index contributed by atoms with van der Waals surface area (Å²) >= 11 is 0. The van der Waals surface area contributed by atoms with E-state index in [9.17, 15) is 14.4 Å². The molecule has 6 heteroatoms. The van der Waals surface area contributed by atoms with Crippen molar-refractivity contribution in [2.75, 3.05) is 13.2 Å². The molecule has 1 unspecified atom stereocenters. The zero-order valence-electron chi connectivity index (χ0n) is 52.4. The Morgan fingerprint density at radius 1 is 0.266 bits per heavy atom. The molecule has 0 aliphatic rings. The fourth-order valence-corrected chi connectivity index (χ4v) is 9.80. The lowest BCUT2D eigenvalue weighted by Crippen LogP contribution is -2.30. The van der Waals surface area contributed by atoms with Crippen molar-refractivity contribution >= 4 is 17.9 Å². The zero-order valence-corrected chi connectivity index (χ0v) is 52.4. The molecule has 0 aliphatic heterocycles. The lowest BCUT2D eigenvalue weighted by molar-refractivity contribution is -0.167. The molecule has 0 aromatic carbocycles. The maximum Gasteiger partial charge on any atom is 0.306 e. The third-order valence-corrected chi connectivity index (χ3v) is 14.9. The first kappa shape index (κ1) is 75.6. The maximum absolute atomic E-state index is 12.9. The van der Waals surface area contributed by atoms with Gasteiger partial charge < -0.3 is 14.2 Å². The molecule has 0 bridgehead atoms. The Balaban J connectivity index is 4.24. The van der Waals surface area contributed by atoms with Crippen LogP contribution in [0.2, 0.25) is 0 Å². The van der Waals surface area contributed by atoms with Crippen molar-refractivity contribution in [3.05, 3.63) is 85.1 Å². The number of ether oxygens (including phenoxy) is 3. The lowest BCUT2D eigenvalue weighted by Gasteiger charge is -2.18. The van der Waals surface area contributed by atoms with Crippen LogP contribution < -0.4 is 0 Å². The van der Waals surface area contributed by atoms with Crippen molar-refractivity contribution in [3.63, 3.8) is 0 Å². The summed E-state index contributed by atoms with van der Waals surface area (Å²) < 4.78 is 17.0.